The highest BCUT2D eigenvalue weighted by atomic mass is 16.5. The molecule has 1 aromatic heterocycles. The maximum Gasteiger partial charge on any atom is 0.404 e. The van der Waals surface area contributed by atoms with Crippen LogP contribution in [-0.2, 0) is 27.8 Å². The standard InChI is InChI=1S/C26H37N5O6/c1-26(2,30-13-14-37-18(16-30)15-27-24(34)35)12-5-4-7-17-8-6-9-19-22(17)29(3)25(36)31(19)20-10-11-21(32)28-23(20)33/h6,8-9,18,20,27H,4-5,7,10-16H2,1-3H3,(H,34,35)(H,28,32,33)/t18-,20?/m1/s1. The summed E-state index contributed by atoms with van der Waals surface area (Å²) in [6.45, 7) is 6.78. The third kappa shape index (κ3) is 5.88. The molecule has 202 valence electrons. The second kappa shape index (κ2) is 11.1. The van der Waals surface area contributed by atoms with Crippen LogP contribution in [-0.4, -0.2) is 74.9 Å². The van der Waals surface area contributed by atoms with Gasteiger partial charge in [0.25, 0.3) is 0 Å². The van der Waals surface area contributed by atoms with Crippen LogP contribution >= 0.6 is 0 Å². The molecule has 0 spiro atoms. The van der Waals surface area contributed by atoms with Crippen LogP contribution in [0.25, 0.3) is 11.0 Å². The molecule has 0 aliphatic carbocycles. The predicted molar refractivity (Wildman–Crippen MR) is 138 cm³/mol. The zero-order valence-electron chi connectivity index (χ0n) is 21.8. The molecule has 3 amide bonds. The topological polar surface area (TPSA) is 135 Å². The number of carbonyl (C=O) groups is 3. The Morgan fingerprint density at radius 1 is 1.24 bits per heavy atom. The van der Waals surface area contributed by atoms with Gasteiger partial charge in [-0.15, -0.1) is 0 Å². The molecule has 2 fully saturated rings. The van der Waals surface area contributed by atoms with Gasteiger partial charge in [-0.2, -0.15) is 0 Å². The zero-order chi connectivity index (χ0) is 26.7. The number of imide groups is 1. The summed E-state index contributed by atoms with van der Waals surface area (Å²) in [6, 6.07) is 5.13. The number of nitrogens with zero attached hydrogens (tertiary/aromatic N) is 3. The number of piperidine rings is 1. The Morgan fingerprint density at radius 2 is 2.03 bits per heavy atom. The number of imidazole rings is 1. The number of carboxylic acid groups (broad SMARTS) is 1. The van der Waals surface area contributed by atoms with Gasteiger partial charge in [-0.25, -0.2) is 9.59 Å². The van der Waals surface area contributed by atoms with Crippen molar-refractivity contribution in [1.82, 2.24) is 24.7 Å². The van der Waals surface area contributed by atoms with Gasteiger partial charge in [-0.3, -0.25) is 28.9 Å². The van der Waals surface area contributed by atoms with Crippen LogP contribution in [0.4, 0.5) is 4.79 Å². The van der Waals surface area contributed by atoms with E-state index in [-0.39, 0.29) is 36.2 Å². The fraction of sp³-hybridized carbons (Fsp3) is 0.615. The van der Waals surface area contributed by atoms with E-state index in [0.29, 0.717) is 25.1 Å². The molecule has 0 radical (unpaired) electrons. The molecule has 1 unspecified atom stereocenters. The first-order valence-corrected chi connectivity index (χ1v) is 12.9. The quantitative estimate of drug-likeness (QED) is 0.342. The average Bonchev–Trinajstić information content (AvgIpc) is 3.11. The third-order valence-electron chi connectivity index (χ3n) is 7.67. The van der Waals surface area contributed by atoms with Gasteiger partial charge in [0.15, 0.2) is 0 Å². The van der Waals surface area contributed by atoms with Crippen molar-refractivity contribution in [3.05, 3.63) is 34.2 Å². The lowest BCUT2D eigenvalue weighted by Crippen LogP contribution is -2.55. The van der Waals surface area contributed by atoms with Crippen LogP contribution < -0.4 is 16.3 Å². The normalized spacial score (nSPS) is 21.3. The number of unbranched alkanes of at least 4 members (excludes halogenated alkanes) is 1. The molecule has 2 atom stereocenters. The molecule has 3 heterocycles. The number of hydrogen-bond acceptors (Lipinski definition) is 6. The lowest BCUT2D eigenvalue weighted by atomic mass is 9.92. The Balaban J connectivity index is 1.40. The van der Waals surface area contributed by atoms with Crippen LogP contribution in [0, 0.1) is 0 Å². The fourth-order valence-corrected chi connectivity index (χ4v) is 5.58. The van der Waals surface area contributed by atoms with E-state index in [2.05, 4.69) is 29.4 Å². The van der Waals surface area contributed by atoms with Crippen molar-refractivity contribution in [1.29, 1.82) is 0 Å². The molecule has 4 rings (SSSR count). The minimum absolute atomic E-state index is 0.0563. The Labute approximate surface area is 215 Å². The number of hydrogen-bond donors (Lipinski definition) is 3. The zero-order valence-corrected chi connectivity index (χ0v) is 21.8. The number of rotatable bonds is 9. The molecule has 0 bridgehead atoms. The molecular weight excluding hydrogens is 478 g/mol. The summed E-state index contributed by atoms with van der Waals surface area (Å²) in [4.78, 5) is 50.4. The number of carbonyl (C=O) groups excluding carboxylic acids is 2. The highest BCUT2D eigenvalue weighted by molar-refractivity contribution is 6.00. The number of nitrogens with one attached hydrogen (secondary N) is 2. The van der Waals surface area contributed by atoms with Gasteiger partial charge in [0.05, 0.1) is 23.7 Å². The van der Waals surface area contributed by atoms with Crippen molar-refractivity contribution in [2.24, 2.45) is 7.05 Å². The molecule has 37 heavy (non-hydrogen) atoms. The smallest absolute Gasteiger partial charge is 0.404 e. The molecule has 2 saturated heterocycles. The Kier molecular flexibility index (Phi) is 8.03. The van der Waals surface area contributed by atoms with Crippen molar-refractivity contribution in [2.75, 3.05) is 26.2 Å². The van der Waals surface area contributed by atoms with Gasteiger partial charge < -0.3 is 15.2 Å². The predicted octanol–water partition coefficient (Wildman–Crippen LogP) is 1.78. The van der Waals surface area contributed by atoms with Gasteiger partial charge in [0, 0.05) is 38.6 Å². The van der Waals surface area contributed by atoms with Gasteiger partial charge in [-0.1, -0.05) is 18.6 Å². The van der Waals surface area contributed by atoms with E-state index in [9.17, 15) is 19.2 Å². The molecular formula is C26H37N5O6. The van der Waals surface area contributed by atoms with E-state index >= 15 is 0 Å². The Morgan fingerprint density at radius 3 is 2.76 bits per heavy atom. The van der Waals surface area contributed by atoms with Crippen molar-refractivity contribution < 1.29 is 24.2 Å². The molecule has 2 aliphatic heterocycles. The van der Waals surface area contributed by atoms with E-state index in [1.807, 2.05) is 18.2 Å². The van der Waals surface area contributed by atoms with Gasteiger partial charge in [0.1, 0.15) is 6.04 Å². The number of ether oxygens (including phenoxy) is 1. The first-order valence-electron chi connectivity index (χ1n) is 12.9. The summed E-state index contributed by atoms with van der Waals surface area (Å²) in [5, 5.41) is 13.6. The summed E-state index contributed by atoms with van der Waals surface area (Å²) in [7, 11) is 1.73. The number of morpholine rings is 1. The van der Waals surface area contributed by atoms with Crippen molar-refractivity contribution in [2.45, 2.75) is 70.1 Å². The lowest BCUT2D eigenvalue weighted by Gasteiger charge is -2.43. The number of para-hydroxylation sites is 1. The summed E-state index contributed by atoms with van der Waals surface area (Å²) in [6.07, 6.45) is 3.03. The SMILES string of the molecule is Cn1c(=O)n(C2CCC(=O)NC2=O)c2cccc(CCCCC(C)(C)N3CCO[C@H](CNC(=O)O)C3)c21. The van der Waals surface area contributed by atoms with Gasteiger partial charge in [-0.05, 0) is 51.2 Å². The van der Waals surface area contributed by atoms with Crippen LogP contribution in [0.5, 0.6) is 0 Å². The van der Waals surface area contributed by atoms with Crippen molar-refractivity contribution in [3.8, 4) is 0 Å². The monoisotopic (exact) mass is 515 g/mol. The fourth-order valence-electron chi connectivity index (χ4n) is 5.58. The second-order valence-electron chi connectivity index (χ2n) is 10.6. The van der Waals surface area contributed by atoms with Crippen LogP contribution in [0.15, 0.2) is 23.0 Å². The van der Waals surface area contributed by atoms with Gasteiger partial charge >= 0.3 is 11.8 Å². The summed E-state index contributed by atoms with van der Waals surface area (Å²) in [5.41, 5.74) is 2.30. The van der Waals surface area contributed by atoms with E-state index in [4.69, 9.17) is 9.84 Å². The van der Waals surface area contributed by atoms with E-state index in [1.54, 1.807) is 11.6 Å². The van der Waals surface area contributed by atoms with Crippen LogP contribution in [0.1, 0.15) is 57.6 Å². The number of aromatic nitrogens is 2. The molecule has 1 aromatic carbocycles. The highest BCUT2D eigenvalue weighted by Crippen LogP contribution is 2.28. The number of amides is 3. The minimum atomic E-state index is -1.04. The average molecular weight is 516 g/mol. The van der Waals surface area contributed by atoms with E-state index in [1.165, 1.54) is 4.57 Å². The summed E-state index contributed by atoms with van der Waals surface area (Å²) >= 11 is 0. The molecule has 2 aromatic rings. The summed E-state index contributed by atoms with van der Waals surface area (Å²) in [5.74, 6) is -0.731. The van der Waals surface area contributed by atoms with Crippen molar-refractivity contribution >= 4 is 28.9 Å². The van der Waals surface area contributed by atoms with E-state index in [0.717, 1.165) is 43.3 Å². The Bertz CT molecular complexity index is 1230. The van der Waals surface area contributed by atoms with E-state index < -0.39 is 18.0 Å². The van der Waals surface area contributed by atoms with Crippen LogP contribution in [0.2, 0.25) is 0 Å². The molecule has 11 heteroatoms. The number of aryl methyl sites for hydroxylation is 2. The molecule has 11 nitrogen and oxygen atoms in total. The largest absolute Gasteiger partial charge is 0.465 e. The minimum Gasteiger partial charge on any atom is -0.465 e. The molecule has 0 saturated carbocycles. The molecule has 3 N–H and O–H groups in total. The maximum atomic E-state index is 13.1. The number of benzene rings is 1. The first kappa shape index (κ1) is 26.9. The Hall–Kier alpha value is -3.18. The molecule has 2 aliphatic rings. The lowest BCUT2D eigenvalue weighted by molar-refractivity contribution is -0.135. The second-order valence-corrected chi connectivity index (χ2v) is 10.6. The first-order chi connectivity index (χ1) is 17.6. The van der Waals surface area contributed by atoms with Gasteiger partial charge in [0.2, 0.25) is 11.8 Å². The third-order valence-corrected chi connectivity index (χ3v) is 7.67. The number of fused-ring (bicyclic) bond motifs is 1. The van der Waals surface area contributed by atoms with Crippen molar-refractivity contribution in [3.63, 3.8) is 0 Å². The summed E-state index contributed by atoms with van der Waals surface area (Å²) < 4.78 is 8.85. The maximum absolute atomic E-state index is 13.1. The highest BCUT2D eigenvalue weighted by Gasteiger charge is 2.33. The van der Waals surface area contributed by atoms with Crippen LogP contribution in [0.3, 0.4) is 0 Å².